The molecule has 0 aliphatic heterocycles. The highest BCUT2D eigenvalue weighted by Crippen LogP contribution is 2.13. The summed E-state index contributed by atoms with van der Waals surface area (Å²) in [4.78, 5) is 4.57. The van der Waals surface area contributed by atoms with Gasteiger partial charge in [-0.15, -0.1) is 11.3 Å². The maximum atomic E-state index is 12.7. The number of nitrogens with zero attached hydrogens (tertiary/aromatic N) is 1. The first kappa shape index (κ1) is 12.9. The highest BCUT2D eigenvalue weighted by atomic mass is 32.1. The van der Waals surface area contributed by atoms with Crippen molar-refractivity contribution < 1.29 is 9.13 Å². The Kier molecular flexibility index (Phi) is 4.22. The Bertz CT molecular complexity index is 539. The molecule has 0 radical (unpaired) electrons. The van der Waals surface area contributed by atoms with Gasteiger partial charge in [0.05, 0.1) is 11.6 Å². The van der Waals surface area contributed by atoms with Crippen LogP contribution in [0, 0.1) is 5.82 Å². The lowest BCUT2D eigenvalue weighted by Gasteiger charge is -2.04. The average Bonchev–Trinajstić information content (AvgIpc) is 2.81. The summed E-state index contributed by atoms with van der Waals surface area (Å²) < 4.78 is 18.1. The van der Waals surface area contributed by atoms with Crippen molar-refractivity contribution in [3.63, 3.8) is 0 Å². The van der Waals surface area contributed by atoms with Crippen LogP contribution < -0.4 is 10.5 Å². The van der Waals surface area contributed by atoms with Crippen molar-refractivity contribution in [2.45, 2.75) is 6.42 Å². The number of thiazole rings is 1. The first-order valence-corrected chi connectivity index (χ1v) is 6.56. The van der Waals surface area contributed by atoms with Gasteiger partial charge in [0.25, 0.3) is 0 Å². The molecule has 1 heterocycles. The Balaban J connectivity index is 1.84. The summed E-state index contributed by atoms with van der Waals surface area (Å²) in [5.74, 6) is 0.367. The van der Waals surface area contributed by atoms with Gasteiger partial charge in [-0.2, -0.15) is 0 Å². The van der Waals surface area contributed by atoms with Crippen LogP contribution in [-0.4, -0.2) is 16.6 Å². The molecular weight excluding hydrogens is 271 g/mol. The van der Waals surface area contributed by atoms with Crippen LogP contribution in [0.3, 0.4) is 0 Å². The van der Waals surface area contributed by atoms with E-state index in [1.54, 1.807) is 12.1 Å². The molecule has 2 rings (SSSR count). The minimum absolute atomic E-state index is 0.275. The number of hydrogen-bond acceptors (Lipinski definition) is 4. The Morgan fingerprint density at radius 2 is 2.11 bits per heavy atom. The van der Waals surface area contributed by atoms with Gasteiger partial charge in [-0.25, -0.2) is 9.37 Å². The second-order valence-corrected chi connectivity index (χ2v) is 4.93. The fourth-order valence-electron chi connectivity index (χ4n) is 1.33. The highest BCUT2D eigenvalue weighted by Gasteiger charge is 2.04. The van der Waals surface area contributed by atoms with Crippen LogP contribution in [0.25, 0.3) is 0 Å². The lowest BCUT2D eigenvalue weighted by atomic mass is 10.3. The number of benzene rings is 1. The van der Waals surface area contributed by atoms with E-state index in [0.717, 1.165) is 5.01 Å². The van der Waals surface area contributed by atoms with Gasteiger partial charge in [-0.05, 0) is 24.3 Å². The fourth-order valence-corrected chi connectivity index (χ4v) is 2.28. The Hall–Kier alpha value is -1.53. The van der Waals surface area contributed by atoms with Crippen molar-refractivity contribution >= 4 is 28.5 Å². The quantitative estimate of drug-likeness (QED) is 0.856. The van der Waals surface area contributed by atoms with Crippen molar-refractivity contribution in [3.8, 4) is 5.75 Å². The van der Waals surface area contributed by atoms with Gasteiger partial charge in [-0.1, -0.05) is 12.2 Å². The molecule has 6 heteroatoms. The summed E-state index contributed by atoms with van der Waals surface area (Å²) in [6.45, 7) is 0.482. The molecule has 0 unspecified atom stereocenters. The van der Waals surface area contributed by atoms with Crippen molar-refractivity contribution in [2.24, 2.45) is 5.73 Å². The molecule has 2 aromatic rings. The number of ether oxygens (including phenoxy) is 1. The summed E-state index contributed by atoms with van der Waals surface area (Å²) >= 11 is 6.33. The number of thiocarbonyl (C=S) groups is 1. The Morgan fingerprint density at radius 3 is 2.72 bits per heavy atom. The highest BCUT2D eigenvalue weighted by molar-refractivity contribution is 7.80. The van der Waals surface area contributed by atoms with Gasteiger partial charge >= 0.3 is 0 Å². The van der Waals surface area contributed by atoms with E-state index in [-0.39, 0.29) is 5.82 Å². The van der Waals surface area contributed by atoms with Crippen molar-refractivity contribution in [3.05, 3.63) is 46.2 Å². The minimum atomic E-state index is -0.275. The summed E-state index contributed by atoms with van der Waals surface area (Å²) in [5, 5.41) is 2.75. The van der Waals surface area contributed by atoms with Gasteiger partial charge in [0, 0.05) is 11.8 Å². The normalized spacial score (nSPS) is 10.3. The third kappa shape index (κ3) is 3.48. The van der Waals surface area contributed by atoms with Crippen LogP contribution in [-0.2, 0) is 6.42 Å². The molecule has 0 saturated heterocycles. The van der Waals surface area contributed by atoms with Crippen LogP contribution >= 0.6 is 23.6 Å². The largest absolute Gasteiger partial charge is 0.493 e. The molecule has 18 heavy (non-hydrogen) atoms. The summed E-state index contributed by atoms with van der Waals surface area (Å²) in [7, 11) is 0. The molecule has 0 bridgehead atoms. The van der Waals surface area contributed by atoms with E-state index in [1.807, 2.05) is 5.38 Å². The summed E-state index contributed by atoms with van der Waals surface area (Å²) in [5.41, 5.74) is 6.11. The van der Waals surface area contributed by atoms with Crippen LogP contribution in [0.4, 0.5) is 4.39 Å². The molecule has 0 spiro atoms. The average molecular weight is 282 g/mol. The Morgan fingerprint density at radius 1 is 1.39 bits per heavy atom. The standard InChI is InChI=1S/C12H11FN2OS2/c13-8-1-3-9(4-2-8)16-6-5-11-15-10(7-18-11)12(14)17/h1-4,7H,5-6H2,(H2,14,17). The maximum Gasteiger partial charge on any atom is 0.123 e. The van der Waals surface area contributed by atoms with E-state index in [2.05, 4.69) is 4.98 Å². The van der Waals surface area contributed by atoms with Crippen molar-refractivity contribution in [1.82, 2.24) is 4.98 Å². The van der Waals surface area contributed by atoms with Gasteiger partial charge in [-0.3, -0.25) is 0 Å². The molecule has 0 atom stereocenters. The lowest BCUT2D eigenvalue weighted by Crippen LogP contribution is -2.10. The maximum absolute atomic E-state index is 12.7. The first-order chi connectivity index (χ1) is 8.65. The first-order valence-electron chi connectivity index (χ1n) is 5.28. The van der Waals surface area contributed by atoms with E-state index in [9.17, 15) is 4.39 Å². The van der Waals surface area contributed by atoms with Gasteiger partial charge < -0.3 is 10.5 Å². The van der Waals surface area contributed by atoms with E-state index in [4.69, 9.17) is 22.7 Å². The predicted molar refractivity (Wildman–Crippen MR) is 73.6 cm³/mol. The van der Waals surface area contributed by atoms with E-state index in [1.165, 1.54) is 23.5 Å². The minimum Gasteiger partial charge on any atom is -0.493 e. The number of rotatable bonds is 5. The molecule has 3 nitrogen and oxygen atoms in total. The van der Waals surface area contributed by atoms with Crippen LogP contribution in [0.15, 0.2) is 29.6 Å². The van der Waals surface area contributed by atoms with Gasteiger partial charge in [0.15, 0.2) is 0 Å². The second-order valence-electron chi connectivity index (χ2n) is 3.54. The SMILES string of the molecule is NC(=S)c1csc(CCOc2ccc(F)cc2)n1. The second kappa shape index (κ2) is 5.88. The van der Waals surface area contributed by atoms with Crippen LogP contribution in [0.2, 0.25) is 0 Å². The molecule has 94 valence electrons. The summed E-state index contributed by atoms with van der Waals surface area (Å²) in [6, 6.07) is 5.92. The zero-order chi connectivity index (χ0) is 13.0. The smallest absolute Gasteiger partial charge is 0.123 e. The number of hydrogen-bond donors (Lipinski definition) is 1. The van der Waals surface area contributed by atoms with Gasteiger partial charge in [0.1, 0.15) is 22.2 Å². The molecule has 1 aromatic heterocycles. The number of nitrogens with two attached hydrogens (primary N) is 1. The van der Waals surface area contributed by atoms with Crippen molar-refractivity contribution in [1.29, 1.82) is 0 Å². The third-order valence-corrected chi connectivity index (χ3v) is 3.32. The van der Waals surface area contributed by atoms with E-state index >= 15 is 0 Å². The van der Waals surface area contributed by atoms with E-state index in [0.29, 0.717) is 29.5 Å². The molecule has 1 aromatic carbocycles. The zero-order valence-corrected chi connectivity index (χ0v) is 11.1. The number of aromatic nitrogens is 1. The number of halogens is 1. The van der Waals surface area contributed by atoms with E-state index < -0.39 is 0 Å². The lowest BCUT2D eigenvalue weighted by molar-refractivity contribution is 0.321. The molecule has 0 aliphatic carbocycles. The topological polar surface area (TPSA) is 48.1 Å². The van der Waals surface area contributed by atoms with Crippen molar-refractivity contribution in [2.75, 3.05) is 6.61 Å². The monoisotopic (exact) mass is 282 g/mol. The molecule has 0 amide bonds. The third-order valence-electron chi connectivity index (χ3n) is 2.20. The molecule has 0 saturated carbocycles. The zero-order valence-electron chi connectivity index (χ0n) is 9.43. The van der Waals surface area contributed by atoms with Crippen LogP contribution in [0.1, 0.15) is 10.7 Å². The summed E-state index contributed by atoms with van der Waals surface area (Å²) in [6.07, 6.45) is 0.671. The molecule has 0 aliphatic rings. The van der Waals surface area contributed by atoms with Gasteiger partial charge in [0.2, 0.25) is 0 Å². The molecule has 2 N–H and O–H groups in total. The predicted octanol–water partition coefficient (Wildman–Crippen LogP) is 2.54. The fraction of sp³-hybridized carbons (Fsp3) is 0.167. The Labute approximate surface area is 113 Å². The van der Waals surface area contributed by atoms with Crippen LogP contribution in [0.5, 0.6) is 5.75 Å². The molecular formula is C12H11FN2OS2. The molecule has 0 fully saturated rings.